The molecule has 0 aliphatic carbocycles. The van der Waals surface area contributed by atoms with Crippen molar-refractivity contribution >= 4 is 5.78 Å². The molecule has 0 aromatic heterocycles. The second-order valence-electron chi connectivity index (χ2n) is 4.31. The maximum atomic E-state index is 12.2. The maximum absolute atomic E-state index is 12.2. The standard InChI is InChI=1S/C17H17NO/c1-2-12-18-13-14-8-10-16(11-9-14)17(19)15-6-4-3-5-7-15/h2-11,18H,1,12-13H2. The van der Waals surface area contributed by atoms with Crippen LogP contribution in [0, 0.1) is 0 Å². The molecule has 0 bridgehead atoms. The van der Waals surface area contributed by atoms with Crippen LogP contribution in [0.15, 0.2) is 67.3 Å². The SMILES string of the molecule is C=CCNCc1ccc(C(=O)c2ccccc2)cc1. The van der Waals surface area contributed by atoms with E-state index in [9.17, 15) is 4.79 Å². The van der Waals surface area contributed by atoms with Crippen LogP contribution in [0.2, 0.25) is 0 Å². The fraction of sp³-hybridized carbons (Fsp3) is 0.118. The van der Waals surface area contributed by atoms with Crippen molar-refractivity contribution in [1.29, 1.82) is 0 Å². The molecule has 0 spiro atoms. The first-order chi connectivity index (χ1) is 9.31. The molecule has 0 atom stereocenters. The van der Waals surface area contributed by atoms with Gasteiger partial charge in [0.2, 0.25) is 0 Å². The smallest absolute Gasteiger partial charge is 0.193 e. The van der Waals surface area contributed by atoms with E-state index in [0.717, 1.165) is 29.8 Å². The number of hydrogen-bond donors (Lipinski definition) is 1. The van der Waals surface area contributed by atoms with Crippen LogP contribution >= 0.6 is 0 Å². The quantitative estimate of drug-likeness (QED) is 0.485. The van der Waals surface area contributed by atoms with Gasteiger partial charge in [-0.25, -0.2) is 0 Å². The molecule has 1 N–H and O–H groups in total. The lowest BCUT2D eigenvalue weighted by Gasteiger charge is -2.04. The van der Waals surface area contributed by atoms with Crippen LogP contribution in [-0.2, 0) is 6.54 Å². The summed E-state index contributed by atoms with van der Waals surface area (Å²) in [5.74, 6) is 0.0613. The van der Waals surface area contributed by atoms with Gasteiger partial charge < -0.3 is 5.32 Å². The molecule has 2 rings (SSSR count). The molecule has 0 amide bonds. The monoisotopic (exact) mass is 251 g/mol. The highest BCUT2D eigenvalue weighted by atomic mass is 16.1. The highest BCUT2D eigenvalue weighted by molar-refractivity contribution is 6.08. The van der Waals surface area contributed by atoms with Gasteiger partial charge in [0.05, 0.1) is 0 Å². The molecule has 2 aromatic carbocycles. The van der Waals surface area contributed by atoms with Crippen molar-refractivity contribution in [3.05, 3.63) is 83.9 Å². The number of carbonyl (C=O) groups excluding carboxylic acids is 1. The first kappa shape index (κ1) is 13.2. The van der Waals surface area contributed by atoms with Gasteiger partial charge in [0, 0.05) is 24.2 Å². The second-order valence-corrected chi connectivity index (χ2v) is 4.31. The fourth-order valence-corrected chi connectivity index (χ4v) is 1.85. The predicted molar refractivity (Wildman–Crippen MR) is 78.2 cm³/mol. The van der Waals surface area contributed by atoms with Gasteiger partial charge in [-0.2, -0.15) is 0 Å². The molecule has 0 saturated heterocycles. The summed E-state index contributed by atoms with van der Waals surface area (Å²) in [6.45, 7) is 5.22. The Bertz CT molecular complexity index is 543. The first-order valence-corrected chi connectivity index (χ1v) is 6.31. The molecular weight excluding hydrogens is 234 g/mol. The van der Waals surface area contributed by atoms with Crippen molar-refractivity contribution < 1.29 is 4.79 Å². The summed E-state index contributed by atoms with van der Waals surface area (Å²) in [4.78, 5) is 12.2. The molecule has 2 aromatic rings. The van der Waals surface area contributed by atoms with Crippen LogP contribution < -0.4 is 5.32 Å². The van der Waals surface area contributed by atoms with E-state index < -0.39 is 0 Å². The van der Waals surface area contributed by atoms with E-state index in [2.05, 4.69) is 11.9 Å². The zero-order valence-electron chi connectivity index (χ0n) is 10.8. The first-order valence-electron chi connectivity index (χ1n) is 6.31. The lowest BCUT2D eigenvalue weighted by Crippen LogP contribution is -2.12. The highest BCUT2D eigenvalue weighted by Crippen LogP contribution is 2.11. The minimum atomic E-state index is 0.0613. The molecule has 96 valence electrons. The van der Waals surface area contributed by atoms with Crippen LogP contribution in [0.4, 0.5) is 0 Å². The van der Waals surface area contributed by atoms with Gasteiger partial charge in [-0.1, -0.05) is 60.7 Å². The molecule has 0 unspecified atom stereocenters. The summed E-state index contributed by atoms with van der Waals surface area (Å²) in [6, 6.07) is 17.0. The number of hydrogen-bond acceptors (Lipinski definition) is 2. The molecule has 2 nitrogen and oxygen atoms in total. The Kier molecular flexibility index (Phi) is 4.65. The third-order valence-corrected chi connectivity index (χ3v) is 2.87. The molecule has 19 heavy (non-hydrogen) atoms. The molecular formula is C17H17NO. The van der Waals surface area contributed by atoms with Crippen molar-refractivity contribution in [3.63, 3.8) is 0 Å². The Morgan fingerprint density at radius 1 is 1.00 bits per heavy atom. The van der Waals surface area contributed by atoms with E-state index in [1.807, 2.05) is 60.7 Å². The molecule has 0 saturated carbocycles. The van der Waals surface area contributed by atoms with Gasteiger partial charge in [0.1, 0.15) is 0 Å². The van der Waals surface area contributed by atoms with Crippen molar-refractivity contribution in [2.45, 2.75) is 6.54 Å². The summed E-state index contributed by atoms with van der Waals surface area (Å²) in [5.41, 5.74) is 2.60. The minimum Gasteiger partial charge on any atom is -0.309 e. The van der Waals surface area contributed by atoms with Crippen LogP contribution in [0.3, 0.4) is 0 Å². The van der Waals surface area contributed by atoms with Gasteiger partial charge in [0.15, 0.2) is 5.78 Å². The molecule has 0 fully saturated rings. The highest BCUT2D eigenvalue weighted by Gasteiger charge is 2.07. The Morgan fingerprint density at radius 3 is 2.26 bits per heavy atom. The van der Waals surface area contributed by atoms with Gasteiger partial charge in [-0.15, -0.1) is 6.58 Å². The molecule has 0 heterocycles. The number of nitrogens with one attached hydrogen (secondary N) is 1. The lowest BCUT2D eigenvalue weighted by molar-refractivity contribution is 0.103. The molecule has 0 aliphatic heterocycles. The van der Waals surface area contributed by atoms with Crippen LogP contribution in [0.25, 0.3) is 0 Å². The largest absolute Gasteiger partial charge is 0.309 e. The average Bonchev–Trinajstić information content (AvgIpc) is 2.48. The van der Waals surface area contributed by atoms with Gasteiger partial charge in [-0.05, 0) is 5.56 Å². The second kappa shape index (κ2) is 6.66. The average molecular weight is 251 g/mol. The van der Waals surface area contributed by atoms with Crippen LogP contribution in [0.1, 0.15) is 21.5 Å². The Balaban J connectivity index is 2.06. The summed E-state index contributed by atoms with van der Waals surface area (Å²) in [5, 5.41) is 3.23. The lowest BCUT2D eigenvalue weighted by atomic mass is 10.0. The summed E-state index contributed by atoms with van der Waals surface area (Å²) < 4.78 is 0. The van der Waals surface area contributed by atoms with E-state index >= 15 is 0 Å². The van der Waals surface area contributed by atoms with E-state index in [1.165, 1.54) is 0 Å². The van der Waals surface area contributed by atoms with Crippen LogP contribution in [-0.4, -0.2) is 12.3 Å². The van der Waals surface area contributed by atoms with Gasteiger partial charge >= 0.3 is 0 Å². The third kappa shape index (κ3) is 3.63. The van der Waals surface area contributed by atoms with Crippen molar-refractivity contribution in [2.24, 2.45) is 0 Å². The number of carbonyl (C=O) groups is 1. The Morgan fingerprint density at radius 2 is 1.63 bits per heavy atom. The van der Waals surface area contributed by atoms with Crippen LogP contribution in [0.5, 0.6) is 0 Å². The summed E-state index contributed by atoms with van der Waals surface area (Å²) >= 11 is 0. The van der Waals surface area contributed by atoms with Crippen molar-refractivity contribution in [2.75, 3.05) is 6.54 Å². The zero-order chi connectivity index (χ0) is 13.5. The van der Waals surface area contributed by atoms with E-state index in [1.54, 1.807) is 0 Å². The van der Waals surface area contributed by atoms with Crippen molar-refractivity contribution in [3.8, 4) is 0 Å². The topological polar surface area (TPSA) is 29.1 Å². The normalized spacial score (nSPS) is 10.1. The molecule has 0 radical (unpaired) electrons. The fourth-order valence-electron chi connectivity index (χ4n) is 1.85. The molecule has 2 heteroatoms. The number of rotatable bonds is 6. The van der Waals surface area contributed by atoms with E-state index in [-0.39, 0.29) is 5.78 Å². The Hall–Kier alpha value is -2.19. The predicted octanol–water partition coefficient (Wildman–Crippen LogP) is 3.19. The third-order valence-electron chi connectivity index (χ3n) is 2.87. The van der Waals surface area contributed by atoms with Gasteiger partial charge in [-0.3, -0.25) is 4.79 Å². The zero-order valence-corrected chi connectivity index (χ0v) is 10.8. The summed E-state index contributed by atoms with van der Waals surface area (Å²) in [6.07, 6.45) is 1.83. The Labute approximate surface area is 113 Å². The van der Waals surface area contributed by atoms with E-state index in [4.69, 9.17) is 0 Å². The van der Waals surface area contributed by atoms with Gasteiger partial charge in [0.25, 0.3) is 0 Å². The molecule has 0 aliphatic rings. The van der Waals surface area contributed by atoms with E-state index in [0.29, 0.717) is 0 Å². The number of ketones is 1. The number of benzene rings is 2. The maximum Gasteiger partial charge on any atom is 0.193 e. The van der Waals surface area contributed by atoms with Crippen molar-refractivity contribution in [1.82, 2.24) is 5.32 Å². The summed E-state index contributed by atoms with van der Waals surface area (Å²) in [7, 11) is 0. The minimum absolute atomic E-state index is 0.0613.